The van der Waals surface area contributed by atoms with Gasteiger partial charge in [0.05, 0.1) is 32.3 Å². The van der Waals surface area contributed by atoms with Crippen molar-refractivity contribution >= 4 is 34.1 Å². The van der Waals surface area contributed by atoms with E-state index in [1.54, 1.807) is 19.2 Å². The lowest BCUT2D eigenvalue weighted by Gasteiger charge is -2.23. The lowest BCUT2D eigenvalue weighted by atomic mass is 10.2. The summed E-state index contributed by atoms with van der Waals surface area (Å²) in [6, 6.07) is 11.1. The second kappa shape index (κ2) is 15.1. The summed E-state index contributed by atoms with van der Waals surface area (Å²) in [5.41, 5.74) is 1.62. The molecule has 0 aliphatic carbocycles. The van der Waals surface area contributed by atoms with Crippen LogP contribution in [0.15, 0.2) is 48.8 Å². The number of methoxy groups -OCH3 is 1. The number of benzene rings is 2. The van der Waals surface area contributed by atoms with Crippen molar-refractivity contribution in [2.24, 2.45) is 5.92 Å². The number of aliphatic hydroxyl groups excluding tert-OH is 1. The zero-order chi connectivity index (χ0) is 29.9. The molecule has 0 atom stereocenters. The first-order chi connectivity index (χ1) is 20.3. The maximum atomic E-state index is 13.4. The molecule has 0 bridgehead atoms. The molecule has 2 heterocycles. The van der Waals surface area contributed by atoms with Crippen molar-refractivity contribution in [3.05, 3.63) is 60.3 Å². The van der Waals surface area contributed by atoms with Gasteiger partial charge in [0.25, 0.3) is 0 Å². The molecule has 0 aliphatic rings. The van der Waals surface area contributed by atoms with Crippen LogP contribution in [-0.4, -0.2) is 76.0 Å². The zero-order valence-electron chi connectivity index (χ0n) is 24.2. The van der Waals surface area contributed by atoms with Gasteiger partial charge in [-0.05, 0) is 49.6 Å². The summed E-state index contributed by atoms with van der Waals surface area (Å²) in [7, 11) is 1.58. The third-order valence-electron chi connectivity index (χ3n) is 6.42. The SMILES string of the molecule is COc1cc2c(Nc3cc(CC(=O)Nc4cccc(F)c4)[nH]n3)ncnc2cc1OCCCCN(CCO)CC(C)C. The topological polar surface area (TPSA) is 138 Å². The van der Waals surface area contributed by atoms with Crippen molar-refractivity contribution in [1.82, 2.24) is 25.1 Å². The highest BCUT2D eigenvalue weighted by atomic mass is 19.1. The fourth-order valence-corrected chi connectivity index (χ4v) is 4.59. The predicted molar refractivity (Wildman–Crippen MR) is 160 cm³/mol. The number of nitrogens with one attached hydrogen (secondary N) is 3. The number of H-pyrrole nitrogens is 1. The van der Waals surface area contributed by atoms with Crippen molar-refractivity contribution in [3.8, 4) is 11.5 Å². The first-order valence-corrected chi connectivity index (χ1v) is 14.0. The lowest BCUT2D eigenvalue weighted by Crippen LogP contribution is -2.31. The summed E-state index contributed by atoms with van der Waals surface area (Å²) in [5.74, 6) is 1.95. The Labute approximate surface area is 244 Å². The smallest absolute Gasteiger partial charge is 0.230 e. The number of ether oxygens (including phenoxy) is 2. The van der Waals surface area contributed by atoms with E-state index in [9.17, 15) is 14.3 Å². The van der Waals surface area contributed by atoms with Gasteiger partial charge in [-0.2, -0.15) is 5.10 Å². The van der Waals surface area contributed by atoms with Crippen LogP contribution in [-0.2, 0) is 11.2 Å². The van der Waals surface area contributed by atoms with Gasteiger partial charge in [0.2, 0.25) is 5.91 Å². The summed E-state index contributed by atoms with van der Waals surface area (Å²) < 4.78 is 25.0. The number of aromatic nitrogens is 4. The second-order valence-electron chi connectivity index (χ2n) is 10.4. The van der Waals surface area contributed by atoms with Crippen LogP contribution in [0.3, 0.4) is 0 Å². The molecule has 224 valence electrons. The van der Waals surface area contributed by atoms with E-state index in [-0.39, 0.29) is 18.9 Å². The van der Waals surface area contributed by atoms with E-state index in [0.717, 1.165) is 25.9 Å². The number of amides is 1. The van der Waals surface area contributed by atoms with Gasteiger partial charge in [-0.25, -0.2) is 14.4 Å². The van der Waals surface area contributed by atoms with Crippen molar-refractivity contribution < 1.29 is 23.8 Å². The molecule has 2 aromatic carbocycles. The molecular weight excluding hydrogens is 541 g/mol. The van der Waals surface area contributed by atoms with Crippen molar-refractivity contribution in [2.45, 2.75) is 33.1 Å². The van der Waals surface area contributed by atoms with Gasteiger partial charge in [0, 0.05) is 42.0 Å². The Hall–Kier alpha value is -4.29. The Morgan fingerprint density at radius 2 is 1.98 bits per heavy atom. The van der Waals surface area contributed by atoms with Gasteiger partial charge in [-0.1, -0.05) is 19.9 Å². The fourth-order valence-electron chi connectivity index (χ4n) is 4.59. The highest BCUT2D eigenvalue weighted by Crippen LogP contribution is 2.34. The normalized spacial score (nSPS) is 11.3. The number of halogens is 1. The summed E-state index contributed by atoms with van der Waals surface area (Å²) in [5, 5.41) is 22.9. The molecule has 0 aliphatic heterocycles. The third kappa shape index (κ3) is 8.85. The number of aliphatic hydroxyl groups is 1. The number of aromatic amines is 1. The Morgan fingerprint density at radius 3 is 2.74 bits per heavy atom. The Morgan fingerprint density at radius 1 is 1.12 bits per heavy atom. The molecule has 0 spiro atoms. The monoisotopic (exact) mass is 579 g/mol. The molecule has 42 heavy (non-hydrogen) atoms. The fraction of sp³-hybridized carbons (Fsp3) is 0.400. The lowest BCUT2D eigenvalue weighted by molar-refractivity contribution is -0.115. The van der Waals surface area contributed by atoms with Gasteiger partial charge in [0.15, 0.2) is 17.3 Å². The summed E-state index contributed by atoms with van der Waals surface area (Å²) in [6.07, 6.45) is 3.29. The number of fused-ring (bicyclic) bond motifs is 1. The summed E-state index contributed by atoms with van der Waals surface area (Å²) in [6.45, 7) is 7.58. The number of hydrogen-bond donors (Lipinski definition) is 4. The van der Waals surface area contributed by atoms with Crippen molar-refractivity contribution in [1.29, 1.82) is 0 Å². The van der Waals surface area contributed by atoms with Gasteiger partial charge in [0.1, 0.15) is 18.0 Å². The zero-order valence-corrected chi connectivity index (χ0v) is 24.2. The maximum absolute atomic E-state index is 13.4. The molecule has 11 nitrogen and oxygen atoms in total. The van der Waals surface area contributed by atoms with Crippen LogP contribution in [0, 0.1) is 11.7 Å². The van der Waals surface area contributed by atoms with Crippen LogP contribution < -0.4 is 20.1 Å². The van der Waals surface area contributed by atoms with Crippen LogP contribution in [0.4, 0.5) is 21.7 Å². The van der Waals surface area contributed by atoms with E-state index in [1.807, 2.05) is 12.1 Å². The van der Waals surface area contributed by atoms with Crippen LogP contribution in [0.5, 0.6) is 11.5 Å². The van der Waals surface area contributed by atoms with E-state index in [0.29, 0.717) is 64.5 Å². The first kappa shape index (κ1) is 30.7. The number of carbonyl (C=O) groups excluding carboxylic acids is 1. The molecular formula is C30H38FN7O4. The molecule has 1 amide bonds. The standard InChI is InChI=1S/C30H38FN7O4/c1-20(2)18-38(10-11-39)9-4-5-12-42-27-17-25-24(16-26(27)41-3)30(33-19-32-25)35-28-14-23(36-37-28)15-29(40)34-22-8-6-7-21(31)13-22/h6-8,13-14,16-17,19-20,39H,4-5,9-12,15,18H2,1-3H3,(H,34,40)(H2,32,33,35,36,37). The minimum atomic E-state index is -0.424. The van der Waals surface area contributed by atoms with E-state index < -0.39 is 5.82 Å². The molecule has 0 saturated heterocycles. The average molecular weight is 580 g/mol. The molecule has 0 fully saturated rings. The molecule has 4 aromatic rings. The highest BCUT2D eigenvalue weighted by molar-refractivity contribution is 5.93. The maximum Gasteiger partial charge on any atom is 0.230 e. The largest absolute Gasteiger partial charge is 0.493 e. The average Bonchev–Trinajstić information content (AvgIpc) is 3.38. The van der Waals surface area contributed by atoms with Crippen LogP contribution in [0.1, 0.15) is 32.4 Å². The van der Waals surface area contributed by atoms with Crippen LogP contribution in [0.2, 0.25) is 0 Å². The number of hydrogen-bond acceptors (Lipinski definition) is 9. The van der Waals surface area contributed by atoms with Crippen molar-refractivity contribution in [3.63, 3.8) is 0 Å². The van der Waals surface area contributed by atoms with Gasteiger partial charge < -0.3 is 30.1 Å². The van der Waals surface area contributed by atoms with E-state index >= 15 is 0 Å². The minimum absolute atomic E-state index is 0.0292. The molecule has 2 aromatic heterocycles. The van der Waals surface area contributed by atoms with Gasteiger partial charge >= 0.3 is 0 Å². The van der Waals surface area contributed by atoms with Crippen molar-refractivity contribution in [2.75, 3.05) is 50.6 Å². The van der Waals surface area contributed by atoms with E-state index in [4.69, 9.17) is 9.47 Å². The number of unbranched alkanes of at least 4 members (excludes halogenated alkanes) is 1. The first-order valence-electron chi connectivity index (χ1n) is 14.0. The highest BCUT2D eigenvalue weighted by Gasteiger charge is 2.14. The van der Waals surface area contributed by atoms with E-state index in [1.165, 1.54) is 24.5 Å². The Kier molecular flexibility index (Phi) is 11.0. The molecule has 0 saturated carbocycles. The van der Waals surface area contributed by atoms with Gasteiger partial charge in [-0.15, -0.1) is 0 Å². The minimum Gasteiger partial charge on any atom is -0.493 e. The Balaban J connectivity index is 1.36. The quantitative estimate of drug-likeness (QED) is 0.141. The number of nitrogens with zero attached hydrogens (tertiary/aromatic N) is 4. The van der Waals surface area contributed by atoms with Gasteiger partial charge in [-0.3, -0.25) is 9.89 Å². The number of carbonyl (C=O) groups is 1. The Bertz CT molecular complexity index is 1460. The molecule has 4 rings (SSSR count). The molecule has 4 N–H and O–H groups in total. The molecule has 12 heteroatoms. The van der Waals surface area contributed by atoms with Crippen LogP contribution in [0.25, 0.3) is 10.9 Å². The summed E-state index contributed by atoms with van der Waals surface area (Å²) >= 11 is 0. The second-order valence-corrected chi connectivity index (χ2v) is 10.4. The van der Waals surface area contributed by atoms with E-state index in [2.05, 4.69) is 49.5 Å². The predicted octanol–water partition coefficient (Wildman–Crippen LogP) is 4.53. The van der Waals surface area contributed by atoms with Crippen LogP contribution >= 0.6 is 0 Å². The number of rotatable bonds is 16. The summed E-state index contributed by atoms with van der Waals surface area (Å²) in [4.78, 5) is 23.4. The molecule has 0 unspecified atom stereocenters. The third-order valence-corrected chi connectivity index (χ3v) is 6.42. The number of anilines is 3. The molecule has 0 radical (unpaired) electrons.